The van der Waals surface area contributed by atoms with Gasteiger partial charge in [-0.15, -0.1) is 11.6 Å². The highest BCUT2D eigenvalue weighted by Crippen LogP contribution is 2.27. The van der Waals surface area contributed by atoms with Crippen LogP contribution in [0.5, 0.6) is 0 Å². The predicted molar refractivity (Wildman–Crippen MR) is 84.5 cm³/mol. The highest BCUT2D eigenvalue weighted by Gasteiger charge is 2.21. The second-order valence-corrected chi connectivity index (χ2v) is 5.89. The molecule has 1 unspecified atom stereocenters. The van der Waals surface area contributed by atoms with Gasteiger partial charge in [-0.3, -0.25) is 4.90 Å². The number of halogens is 2. The van der Waals surface area contributed by atoms with Crippen molar-refractivity contribution in [1.29, 1.82) is 0 Å². The van der Waals surface area contributed by atoms with E-state index in [1.54, 1.807) is 0 Å². The molecular weight excluding hydrogens is 279 g/mol. The normalized spacial score (nSPS) is 18.6. The van der Waals surface area contributed by atoms with Gasteiger partial charge in [-0.25, -0.2) is 0 Å². The van der Waals surface area contributed by atoms with Crippen molar-refractivity contribution in [1.82, 2.24) is 4.90 Å². The van der Waals surface area contributed by atoms with Gasteiger partial charge in [0.05, 0.1) is 0 Å². The summed E-state index contributed by atoms with van der Waals surface area (Å²) >= 11 is 12.1. The molecular formula is C15H22Cl2N2. The standard InChI is InChI=1S/C15H22Cl2N2/c1-3-12(2)18-6-8-19(9-7-18)15-5-4-14(17)10-13(15)11-16/h4-5,10,12H,3,6-9,11H2,1-2H3. The fourth-order valence-corrected chi connectivity index (χ4v) is 3.04. The van der Waals surface area contributed by atoms with E-state index in [0.29, 0.717) is 11.9 Å². The van der Waals surface area contributed by atoms with Crippen molar-refractivity contribution >= 4 is 28.9 Å². The summed E-state index contributed by atoms with van der Waals surface area (Å²) in [7, 11) is 0. The lowest BCUT2D eigenvalue weighted by atomic mass is 10.1. The molecule has 1 fully saturated rings. The number of hydrogen-bond acceptors (Lipinski definition) is 2. The monoisotopic (exact) mass is 300 g/mol. The van der Waals surface area contributed by atoms with Gasteiger partial charge in [0.1, 0.15) is 0 Å². The third kappa shape index (κ3) is 3.56. The quantitative estimate of drug-likeness (QED) is 0.776. The summed E-state index contributed by atoms with van der Waals surface area (Å²) in [6, 6.07) is 6.71. The van der Waals surface area contributed by atoms with Crippen LogP contribution in [0.1, 0.15) is 25.8 Å². The van der Waals surface area contributed by atoms with Gasteiger partial charge in [-0.2, -0.15) is 0 Å². The number of piperazine rings is 1. The van der Waals surface area contributed by atoms with Crippen LogP contribution in [-0.2, 0) is 5.88 Å². The number of benzene rings is 1. The molecule has 1 aliphatic rings. The molecule has 0 N–H and O–H groups in total. The summed E-state index contributed by atoms with van der Waals surface area (Å²) in [5, 5.41) is 0.762. The van der Waals surface area contributed by atoms with E-state index < -0.39 is 0 Å². The molecule has 0 aliphatic carbocycles. The predicted octanol–water partition coefficient (Wildman–Crippen LogP) is 4.00. The van der Waals surface area contributed by atoms with Gasteiger partial charge < -0.3 is 4.90 Å². The molecule has 0 amide bonds. The summed E-state index contributed by atoms with van der Waals surface area (Å²) in [6.07, 6.45) is 1.22. The SMILES string of the molecule is CCC(C)N1CCN(c2ccc(Cl)cc2CCl)CC1. The van der Waals surface area contributed by atoms with Gasteiger partial charge in [-0.1, -0.05) is 18.5 Å². The number of anilines is 1. The zero-order valence-electron chi connectivity index (χ0n) is 11.7. The Balaban J connectivity index is 2.05. The van der Waals surface area contributed by atoms with E-state index in [2.05, 4.69) is 29.7 Å². The average Bonchev–Trinajstić information content (AvgIpc) is 2.46. The van der Waals surface area contributed by atoms with E-state index in [4.69, 9.17) is 23.2 Å². The first kappa shape index (κ1) is 15.0. The van der Waals surface area contributed by atoms with Crippen LogP contribution >= 0.6 is 23.2 Å². The molecule has 0 bridgehead atoms. The number of alkyl halides is 1. The molecule has 2 nitrogen and oxygen atoms in total. The molecule has 1 heterocycles. The number of nitrogens with zero attached hydrogens (tertiary/aromatic N) is 2. The van der Waals surface area contributed by atoms with Crippen molar-refractivity contribution in [3.05, 3.63) is 28.8 Å². The summed E-state index contributed by atoms with van der Waals surface area (Å²) in [5.41, 5.74) is 2.37. The van der Waals surface area contributed by atoms with Crippen LogP contribution in [-0.4, -0.2) is 37.1 Å². The first-order valence-electron chi connectivity index (χ1n) is 6.99. The number of rotatable bonds is 4. The molecule has 2 rings (SSSR count). The van der Waals surface area contributed by atoms with Gasteiger partial charge >= 0.3 is 0 Å². The van der Waals surface area contributed by atoms with Crippen molar-refractivity contribution in [2.45, 2.75) is 32.2 Å². The molecule has 1 aromatic carbocycles. The van der Waals surface area contributed by atoms with Crippen molar-refractivity contribution in [3.8, 4) is 0 Å². The van der Waals surface area contributed by atoms with Gasteiger partial charge in [0.15, 0.2) is 0 Å². The van der Waals surface area contributed by atoms with Crippen LogP contribution in [0.25, 0.3) is 0 Å². The van der Waals surface area contributed by atoms with Crippen molar-refractivity contribution < 1.29 is 0 Å². The summed E-state index contributed by atoms with van der Waals surface area (Å²) in [4.78, 5) is 4.99. The van der Waals surface area contributed by atoms with E-state index in [1.165, 1.54) is 12.1 Å². The maximum atomic E-state index is 6.03. The molecule has 1 saturated heterocycles. The Morgan fingerprint density at radius 1 is 1.21 bits per heavy atom. The van der Waals surface area contributed by atoms with Gasteiger partial charge in [0, 0.05) is 48.8 Å². The molecule has 1 atom stereocenters. The van der Waals surface area contributed by atoms with Gasteiger partial charge in [0.25, 0.3) is 0 Å². The second-order valence-electron chi connectivity index (χ2n) is 5.19. The summed E-state index contributed by atoms with van der Waals surface area (Å²) in [6.45, 7) is 8.94. The topological polar surface area (TPSA) is 6.48 Å². The van der Waals surface area contributed by atoms with Gasteiger partial charge in [0.2, 0.25) is 0 Å². The Bertz CT molecular complexity index is 415. The molecule has 106 valence electrons. The highest BCUT2D eigenvalue weighted by molar-refractivity contribution is 6.30. The largest absolute Gasteiger partial charge is 0.369 e. The third-order valence-corrected chi connectivity index (χ3v) is 4.58. The van der Waals surface area contributed by atoms with Crippen molar-refractivity contribution in [2.24, 2.45) is 0 Å². The minimum atomic E-state index is 0.515. The molecule has 0 saturated carbocycles. The third-order valence-electron chi connectivity index (χ3n) is 4.05. The lowest BCUT2D eigenvalue weighted by Crippen LogP contribution is -2.49. The lowest BCUT2D eigenvalue weighted by molar-refractivity contribution is 0.193. The maximum absolute atomic E-state index is 6.03. The second kappa shape index (κ2) is 6.83. The van der Waals surface area contributed by atoms with E-state index in [-0.39, 0.29) is 0 Å². The zero-order valence-corrected chi connectivity index (χ0v) is 13.2. The summed E-state index contributed by atoms with van der Waals surface area (Å²) in [5.74, 6) is 0.515. The Morgan fingerprint density at radius 2 is 1.89 bits per heavy atom. The first-order chi connectivity index (χ1) is 9.15. The fraction of sp³-hybridized carbons (Fsp3) is 0.600. The van der Waals surface area contributed by atoms with Crippen molar-refractivity contribution in [3.63, 3.8) is 0 Å². The smallest absolute Gasteiger partial charge is 0.0495 e. The highest BCUT2D eigenvalue weighted by atomic mass is 35.5. The Hall–Kier alpha value is -0.440. The molecule has 19 heavy (non-hydrogen) atoms. The lowest BCUT2D eigenvalue weighted by Gasteiger charge is -2.39. The molecule has 1 aliphatic heterocycles. The fourth-order valence-electron chi connectivity index (χ4n) is 2.63. The van der Waals surface area contributed by atoms with E-state index in [9.17, 15) is 0 Å². The minimum absolute atomic E-state index is 0.515. The van der Waals surface area contributed by atoms with E-state index in [0.717, 1.165) is 36.8 Å². The molecule has 0 aromatic heterocycles. The van der Waals surface area contributed by atoms with Crippen LogP contribution in [0.4, 0.5) is 5.69 Å². The van der Waals surface area contributed by atoms with Crippen LogP contribution in [0.3, 0.4) is 0 Å². The maximum Gasteiger partial charge on any atom is 0.0495 e. The summed E-state index contributed by atoms with van der Waals surface area (Å²) < 4.78 is 0. The van der Waals surface area contributed by atoms with Crippen LogP contribution < -0.4 is 4.90 Å². The molecule has 0 radical (unpaired) electrons. The van der Waals surface area contributed by atoms with Crippen molar-refractivity contribution in [2.75, 3.05) is 31.1 Å². The van der Waals surface area contributed by atoms with Crippen LogP contribution in [0.2, 0.25) is 5.02 Å². The first-order valence-corrected chi connectivity index (χ1v) is 7.90. The molecule has 1 aromatic rings. The van der Waals surface area contributed by atoms with Gasteiger partial charge in [-0.05, 0) is 37.1 Å². The Kier molecular flexibility index (Phi) is 5.37. The molecule has 4 heteroatoms. The zero-order chi connectivity index (χ0) is 13.8. The Morgan fingerprint density at radius 3 is 2.47 bits per heavy atom. The van der Waals surface area contributed by atoms with Crippen LogP contribution in [0.15, 0.2) is 18.2 Å². The Labute approximate surface area is 126 Å². The van der Waals surface area contributed by atoms with E-state index >= 15 is 0 Å². The van der Waals surface area contributed by atoms with E-state index in [1.807, 2.05) is 12.1 Å². The number of hydrogen-bond donors (Lipinski definition) is 0. The minimum Gasteiger partial charge on any atom is -0.369 e. The molecule has 0 spiro atoms. The average molecular weight is 301 g/mol. The van der Waals surface area contributed by atoms with Crippen LogP contribution in [0, 0.1) is 0 Å².